The Morgan fingerprint density at radius 3 is 1.61 bits per heavy atom. The predicted octanol–water partition coefficient (Wildman–Crippen LogP) is 9.46. The molecule has 1 rings (SSSR count). The fourth-order valence-electron chi connectivity index (χ4n) is 4.36. The van der Waals surface area contributed by atoms with Crippen LogP contribution in [0.4, 0.5) is 0 Å². The van der Waals surface area contributed by atoms with Crippen molar-refractivity contribution in [2.24, 2.45) is 0 Å². The Kier molecular flexibility index (Phi) is 14.6. The van der Waals surface area contributed by atoms with Gasteiger partial charge < -0.3 is 4.74 Å². The monoisotopic (exact) mass is 430 g/mol. The van der Waals surface area contributed by atoms with Crippen LogP contribution in [0.5, 0.6) is 5.75 Å². The minimum atomic E-state index is -0.0994. The average molecular weight is 431 g/mol. The molecule has 0 heterocycles. The smallest absolute Gasteiger partial charge is 0.311 e. The molecule has 178 valence electrons. The molecule has 0 fully saturated rings. The molecular formula is C29H50O2. The average Bonchev–Trinajstić information content (AvgIpc) is 2.70. The van der Waals surface area contributed by atoms with Gasteiger partial charge in [0.25, 0.3) is 0 Å². The summed E-state index contributed by atoms with van der Waals surface area (Å²) in [6, 6.07) is 6.01. The van der Waals surface area contributed by atoms with Gasteiger partial charge in [-0.15, -0.1) is 0 Å². The van der Waals surface area contributed by atoms with E-state index in [1.54, 1.807) is 0 Å². The maximum absolute atomic E-state index is 12.1. The summed E-state index contributed by atoms with van der Waals surface area (Å²) in [6.45, 7) is 11.0. The molecule has 0 bridgehead atoms. The molecule has 0 saturated carbocycles. The van der Waals surface area contributed by atoms with Crippen molar-refractivity contribution in [1.82, 2.24) is 0 Å². The Hall–Kier alpha value is -1.31. The van der Waals surface area contributed by atoms with Crippen molar-refractivity contribution in [3.8, 4) is 5.75 Å². The third kappa shape index (κ3) is 13.7. The fraction of sp³-hybridized carbons (Fsp3) is 0.759. The van der Waals surface area contributed by atoms with Gasteiger partial charge in [-0.1, -0.05) is 124 Å². The Morgan fingerprint density at radius 2 is 1.19 bits per heavy atom. The van der Waals surface area contributed by atoms with E-state index in [0.717, 1.165) is 12.8 Å². The number of rotatable bonds is 17. The first-order valence-electron chi connectivity index (χ1n) is 13.2. The van der Waals surface area contributed by atoms with E-state index in [1.165, 1.54) is 94.6 Å². The molecule has 2 nitrogen and oxygen atoms in total. The lowest BCUT2D eigenvalue weighted by Gasteiger charge is -2.22. The summed E-state index contributed by atoms with van der Waals surface area (Å²) in [5.74, 6) is 0.578. The number of carbonyl (C=O) groups excluding carboxylic acids is 1. The summed E-state index contributed by atoms with van der Waals surface area (Å²) in [5, 5.41) is 0. The molecule has 31 heavy (non-hydrogen) atoms. The minimum Gasteiger partial charge on any atom is -0.427 e. The summed E-state index contributed by atoms with van der Waals surface area (Å²) in [6.07, 6.45) is 20.6. The molecule has 0 N–H and O–H groups in total. The first-order valence-corrected chi connectivity index (χ1v) is 13.2. The van der Waals surface area contributed by atoms with Crippen molar-refractivity contribution in [3.05, 3.63) is 29.3 Å². The van der Waals surface area contributed by atoms with Crippen molar-refractivity contribution in [2.75, 3.05) is 0 Å². The van der Waals surface area contributed by atoms with Crippen molar-refractivity contribution in [2.45, 2.75) is 143 Å². The Bertz CT molecular complexity index is 597. The van der Waals surface area contributed by atoms with Gasteiger partial charge in [-0.25, -0.2) is 0 Å². The molecule has 0 spiro atoms. The Labute approximate surface area is 193 Å². The molecule has 0 saturated heterocycles. The SMILES string of the molecule is CCCCCCCCCCCCCCCCCC(=O)Oc1ccc(C(C)(C)C)c(C)c1. The fourth-order valence-corrected chi connectivity index (χ4v) is 4.36. The standard InChI is InChI=1S/C29H50O2/c1-6-7-8-9-10-11-12-13-14-15-16-17-18-19-20-21-28(30)31-26-22-23-27(25(2)24-26)29(3,4)5/h22-24H,6-21H2,1-5H3. The molecular weight excluding hydrogens is 380 g/mol. The Balaban J connectivity index is 1.98. The summed E-state index contributed by atoms with van der Waals surface area (Å²) >= 11 is 0. The predicted molar refractivity (Wildman–Crippen MR) is 135 cm³/mol. The van der Waals surface area contributed by atoms with E-state index >= 15 is 0 Å². The number of hydrogen-bond donors (Lipinski definition) is 0. The molecule has 0 atom stereocenters. The first-order chi connectivity index (χ1) is 14.8. The van der Waals surface area contributed by atoms with Crippen molar-refractivity contribution in [1.29, 1.82) is 0 Å². The van der Waals surface area contributed by atoms with Crippen LogP contribution in [-0.2, 0) is 10.2 Å². The number of esters is 1. The van der Waals surface area contributed by atoms with E-state index in [2.05, 4.69) is 40.7 Å². The van der Waals surface area contributed by atoms with Gasteiger partial charge in [0.05, 0.1) is 0 Å². The molecule has 2 heteroatoms. The minimum absolute atomic E-state index is 0.0994. The maximum atomic E-state index is 12.1. The summed E-state index contributed by atoms with van der Waals surface area (Å²) in [7, 11) is 0. The van der Waals surface area contributed by atoms with Crippen molar-refractivity contribution < 1.29 is 9.53 Å². The van der Waals surface area contributed by atoms with Gasteiger partial charge in [0.1, 0.15) is 5.75 Å². The first kappa shape index (κ1) is 27.7. The number of ether oxygens (including phenoxy) is 1. The molecule has 0 amide bonds. The second-order valence-corrected chi connectivity index (χ2v) is 10.4. The van der Waals surface area contributed by atoms with Crippen LogP contribution in [0.3, 0.4) is 0 Å². The zero-order valence-electron chi connectivity index (χ0n) is 21.4. The second kappa shape index (κ2) is 16.3. The quantitative estimate of drug-likeness (QED) is 0.140. The van der Waals surface area contributed by atoms with Crippen LogP contribution in [-0.4, -0.2) is 5.97 Å². The van der Waals surface area contributed by atoms with E-state index in [9.17, 15) is 4.79 Å². The van der Waals surface area contributed by atoms with Gasteiger partial charge in [-0.3, -0.25) is 4.79 Å². The highest BCUT2D eigenvalue weighted by atomic mass is 16.5. The van der Waals surface area contributed by atoms with E-state index in [1.807, 2.05) is 12.1 Å². The van der Waals surface area contributed by atoms with E-state index in [-0.39, 0.29) is 11.4 Å². The van der Waals surface area contributed by atoms with Crippen molar-refractivity contribution in [3.63, 3.8) is 0 Å². The van der Waals surface area contributed by atoms with E-state index < -0.39 is 0 Å². The second-order valence-electron chi connectivity index (χ2n) is 10.4. The van der Waals surface area contributed by atoms with Crippen LogP contribution in [0.15, 0.2) is 18.2 Å². The van der Waals surface area contributed by atoms with Gasteiger partial charge in [-0.05, 0) is 42.0 Å². The molecule has 0 unspecified atom stereocenters. The lowest BCUT2D eigenvalue weighted by molar-refractivity contribution is -0.134. The molecule has 1 aromatic rings. The van der Waals surface area contributed by atoms with Crippen molar-refractivity contribution >= 4 is 5.97 Å². The van der Waals surface area contributed by atoms with Gasteiger partial charge in [0.15, 0.2) is 0 Å². The van der Waals surface area contributed by atoms with Gasteiger partial charge in [0, 0.05) is 6.42 Å². The van der Waals surface area contributed by atoms with Crippen LogP contribution in [0, 0.1) is 6.92 Å². The zero-order chi connectivity index (χ0) is 23.0. The summed E-state index contributed by atoms with van der Waals surface area (Å²) < 4.78 is 5.54. The normalized spacial score (nSPS) is 11.6. The highest BCUT2D eigenvalue weighted by Gasteiger charge is 2.17. The maximum Gasteiger partial charge on any atom is 0.311 e. The summed E-state index contributed by atoms with van der Waals surface area (Å²) in [5.41, 5.74) is 2.60. The molecule has 0 aliphatic rings. The Morgan fingerprint density at radius 1 is 0.742 bits per heavy atom. The van der Waals surface area contributed by atoms with Crippen LogP contribution < -0.4 is 4.74 Å². The molecule has 1 aromatic carbocycles. The van der Waals surface area contributed by atoms with Crippen LogP contribution >= 0.6 is 0 Å². The van der Waals surface area contributed by atoms with Gasteiger partial charge in [0.2, 0.25) is 0 Å². The van der Waals surface area contributed by atoms with E-state index in [0.29, 0.717) is 12.2 Å². The topological polar surface area (TPSA) is 26.3 Å². The highest BCUT2D eigenvalue weighted by molar-refractivity contribution is 5.72. The van der Waals surface area contributed by atoms with Gasteiger partial charge >= 0.3 is 5.97 Å². The molecule has 0 radical (unpaired) electrons. The zero-order valence-corrected chi connectivity index (χ0v) is 21.4. The number of aryl methyl sites for hydroxylation is 1. The number of hydrogen-bond acceptors (Lipinski definition) is 2. The number of carbonyl (C=O) groups is 1. The largest absolute Gasteiger partial charge is 0.427 e. The molecule has 0 aromatic heterocycles. The third-order valence-corrected chi connectivity index (χ3v) is 6.22. The van der Waals surface area contributed by atoms with Crippen LogP contribution in [0.2, 0.25) is 0 Å². The third-order valence-electron chi connectivity index (χ3n) is 6.22. The molecule has 0 aliphatic carbocycles. The lowest BCUT2D eigenvalue weighted by atomic mass is 9.84. The number of unbranched alkanes of at least 4 members (excludes halogenated alkanes) is 14. The van der Waals surface area contributed by atoms with E-state index in [4.69, 9.17) is 4.74 Å². The lowest BCUT2D eigenvalue weighted by Crippen LogP contribution is -2.13. The highest BCUT2D eigenvalue weighted by Crippen LogP contribution is 2.28. The van der Waals surface area contributed by atoms with Crippen LogP contribution in [0.25, 0.3) is 0 Å². The van der Waals surface area contributed by atoms with Gasteiger partial charge in [-0.2, -0.15) is 0 Å². The number of benzene rings is 1. The molecule has 0 aliphatic heterocycles. The van der Waals surface area contributed by atoms with Crippen LogP contribution in [0.1, 0.15) is 142 Å². The summed E-state index contributed by atoms with van der Waals surface area (Å²) in [4.78, 5) is 12.1.